The molecule has 146 valence electrons. The minimum atomic E-state index is -0.277. The normalized spacial score (nSPS) is 11.4. The molecule has 0 fully saturated rings. The van der Waals surface area contributed by atoms with Gasteiger partial charge in [0.2, 0.25) is 0 Å². The number of hydrogen-bond acceptors (Lipinski definition) is 3. The van der Waals surface area contributed by atoms with Gasteiger partial charge in [-0.25, -0.2) is 0 Å². The van der Waals surface area contributed by atoms with Gasteiger partial charge in [0.05, 0.1) is 17.6 Å². The number of nitrogens with one attached hydrogen (secondary N) is 1. The van der Waals surface area contributed by atoms with Gasteiger partial charge in [-0.1, -0.05) is 51.1 Å². The third-order valence-corrected chi connectivity index (χ3v) is 4.78. The fourth-order valence-corrected chi connectivity index (χ4v) is 3.08. The Morgan fingerprint density at radius 2 is 1.75 bits per heavy atom. The first-order valence-electron chi connectivity index (χ1n) is 9.38. The quantitative estimate of drug-likeness (QED) is 0.690. The molecule has 1 heterocycles. The smallest absolute Gasteiger partial charge is 0.252 e. The van der Waals surface area contributed by atoms with Crippen LogP contribution >= 0.6 is 0 Å². The lowest BCUT2D eigenvalue weighted by molar-refractivity contribution is 0.0948. The van der Waals surface area contributed by atoms with Gasteiger partial charge in [-0.3, -0.25) is 9.59 Å². The Bertz CT molecular complexity index is 1040. The summed E-state index contributed by atoms with van der Waals surface area (Å²) in [6.07, 6.45) is 0. The molecule has 3 rings (SSSR count). The molecule has 1 aromatic heterocycles. The van der Waals surface area contributed by atoms with E-state index in [9.17, 15) is 9.59 Å². The van der Waals surface area contributed by atoms with Crippen LogP contribution in [0.3, 0.4) is 0 Å². The van der Waals surface area contributed by atoms with Gasteiger partial charge in [-0.05, 0) is 29.2 Å². The van der Waals surface area contributed by atoms with Crippen LogP contribution in [0.1, 0.15) is 36.7 Å². The molecule has 1 amide bonds. The van der Waals surface area contributed by atoms with E-state index in [0.29, 0.717) is 18.7 Å². The van der Waals surface area contributed by atoms with Gasteiger partial charge in [0.25, 0.3) is 11.5 Å². The van der Waals surface area contributed by atoms with Crippen LogP contribution in [0.4, 0.5) is 0 Å². The second-order valence-electron chi connectivity index (χ2n) is 7.85. The van der Waals surface area contributed by atoms with Crippen molar-refractivity contribution in [3.63, 3.8) is 0 Å². The maximum atomic E-state index is 12.6. The summed E-state index contributed by atoms with van der Waals surface area (Å²) in [6, 6.07) is 16.8. The number of carbonyl (C=O) groups is 1. The van der Waals surface area contributed by atoms with E-state index in [-0.39, 0.29) is 16.9 Å². The highest BCUT2D eigenvalue weighted by atomic mass is 16.5. The lowest BCUT2D eigenvalue weighted by Gasteiger charge is -2.19. The minimum Gasteiger partial charge on any atom is -0.492 e. The first-order chi connectivity index (χ1) is 13.3. The third-order valence-electron chi connectivity index (χ3n) is 4.78. The summed E-state index contributed by atoms with van der Waals surface area (Å²) < 4.78 is 7.25. The van der Waals surface area contributed by atoms with E-state index in [1.165, 1.54) is 16.2 Å². The Hall–Kier alpha value is -3.08. The maximum Gasteiger partial charge on any atom is 0.252 e. The first-order valence-corrected chi connectivity index (χ1v) is 9.38. The number of para-hydroxylation sites is 1. The topological polar surface area (TPSA) is 60.3 Å². The molecule has 0 atom stereocenters. The number of nitrogens with zero attached hydrogens (tertiary/aromatic N) is 1. The summed E-state index contributed by atoms with van der Waals surface area (Å²) in [6.45, 7) is 7.20. The molecule has 0 radical (unpaired) electrons. The molecule has 5 nitrogen and oxygen atoms in total. The molecule has 28 heavy (non-hydrogen) atoms. The number of hydrogen-bond donors (Lipinski definition) is 1. The first kappa shape index (κ1) is 19.7. The van der Waals surface area contributed by atoms with Crippen molar-refractivity contribution < 1.29 is 9.53 Å². The van der Waals surface area contributed by atoms with Crippen molar-refractivity contribution in [1.82, 2.24) is 9.88 Å². The zero-order valence-electron chi connectivity index (χ0n) is 16.8. The number of amides is 1. The van der Waals surface area contributed by atoms with E-state index in [0.717, 1.165) is 16.7 Å². The monoisotopic (exact) mass is 378 g/mol. The summed E-state index contributed by atoms with van der Waals surface area (Å²) in [4.78, 5) is 24.7. The van der Waals surface area contributed by atoms with Crippen molar-refractivity contribution in [2.24, 2.45) is 7.05 Å². The number of aromatic nitrogens is 1. The number of aryl methyl sites for hydroxylation is 1. The van der Waals surface area contributed by atoms with Crippen molar-refractivity contribution in [3.05, 3.63) is 76.1 Å². The Labute approximate surface area is 165 Å². The predicted molar refractivity (Wildman–Crippen MR) is 112 cm³/mol. The molecular weight excluding hydrogens is 352 g/mol. The van der Waals surface area contributed by atoms with Gasteiger partial charge in [0.1, 0.15) is 12.4 Å². The fraction of sp³-hybridized carbons (Fsp3) is 0.304. The Morgan fingerprint density at radius 1 is 1.07 bits per heavy atom. The highest BCUT2D eigenvalue weighted by molar-refractivity contribution is 6.06. The molecule has 5 heteroatoms. The van der Waals surface area contributed by atoms with Gasteiger partial charge < -0.3 is 14.6 Å². The number of pyridine rings is 1. The number of carbonyl (C=O) groups excluding carboxylic acids is 1. The van der Waals surface area contributed by atoms with Crippen LogP contribution in [0, 0.1) is 0 Å². The second-order valence-corrected chi connectivity index (χ2v) is 7.85. The molecule has 3 aromatic rings. The summed E-state index contributed by atoms with van der Waals surface area (Å²) in [5.41, 5.74) is 2.25. The zero-order valence-corrected chi connectivity index (χ0v) is 16.8. The molecule has 0 aliphatic carbocycles. The molecule has 0 spiro atoms. The van der Waals surface area contributed by atoms with Crippen LogP contribution in [-0.2, 0) is 12.5 Å². The SMILES string of the molecule is Cn1c(=O)cc(C(=O)NCCOc2ccc(C(C)(C)C)cc2)c2ccccc21. The molecule has 0 unspecified atom stereocenters. The molecule has 0 bridgehead atoms. The zero-order chi connectivity index (χ0) is 20.3. The average molecular weight is 378 g/mol. The molecule has 0 aliphatic rings. The molecular formula is C23H26N2O3. The van der Waals surface area contributed by atoms with Gasteiger partial charge in [0, 0.05) is 18.5 Å². The van der Waals surface area contributed by atoms with Crippen molar-refractivity contribution >= 4 is 16.8 Å². The van der Waals surface area contributed by atoms with E-state index in [2.05, 4.69) is 38.2 Å². The summed E-state index contributed by atoms with van der Waals surface area (Å²) in [5.74, 6) is 0.488. The van der Waals surface area contributed by atoms with Crippen LogP contribution in [0.5, 0.6) is 5.75 Å². The lowest BCUT2D eigenvalue weighted by atomic mass is 9.87. The summed E-state index contributed by atoms with van der Waals surface area (Å²) >= 11 is 0. The molecule has 0 saturated heterocycles. The number of rotatable bonds is 5. The van der Waals surface area contributed by atoms with Gasteiger partial charge in [-0.15, -0.1) is 0 Å². The largest absolute Gasteiger partial charge is 0.492 e. The molecule has 1 N–H and O–H groups in total. The van der Waals surface area contributed by atoms with Crippen LogP contribution in [0.25, 0.3) is 10.9 Å². The van der Waals surface area contributed by atoms with E-state index in [1.807, 2.05) is 36.4 Å². The van der Waals surface area contributed by atoms with Crippen LogP contribution in [0.15, 0.2) is 59.4 Å². The van der Waals surface area contributed by atoms with E-state index in [1.54, 1.807) is 7.05 Å². The molecule has 0 aliphatic heterocycles. The van der Waals surface area contributed by atoms with Crippen LogP contribution in [-0.4, -0.2) is 23.6 Å². The van der Waals surface area contributed by atoms with E-state index < -0.39 is 0 Å². The third kappa shape index (κ3) is 4.25. The van der Waals surface area contributed by atoms with Crippen molar-refractivity contribution in [2.45, 2.75) is 26.2 Å². The predicted octanol–water partition coefficient (Wildman–Crippen LogP) is 3.64. The fourth-order valence-electron chi connectivity index (χ4n) is 3.08. The van der Waals surface area contributed by atoms with Crippen molar-refractivity contribution in [3.8, 4) is 5.75 Å². The number of fused-ring (bicyclic) bond motifs is 1. The highest BCUT2D eigenvalue weighted by Crippen LogP contribution is 2.24. The summed E-state index contributed by atoms with van der Waals surface area (Å²) in [7, 11) is 1.70. The Kier molecular flexibility index (Phi) is 5.54. The Balaban J connectivity index is 1.62. The highest BCUT2D eigenvalue weighted by Gasteiger charge is 2.14. The minimum absolute atomic E-state index is 0.0992. The van der Waals surface area contributed by atoms with Crippen molar-refractivity contribution in [1.29, 1.82) is 0 Å². The molecule has 2 aromatic carbocycles. The maximum absolute atomic E-state index is 12.6. The van der Waals surface area contributed by atoms with Crippen molar-refractivity contribution in [2.75, 3.05) is 13.2 Å². The average Bonchev–Trinajstić information content (AvgIpc) is 2.67. The van der Waals surface area contributed by atoms with Gasteiger partial charge in [-0.2, -0.15) is 0 Å². The second kappa shape index (κ2) is 7.89. The Morgan fingerprint density at radius 3 is 2.43 bits per heavy atom. The van der Waals surface area contributed by atoms with Crippen LogP contribution < -0.4 is 15.6 Å². The number of ether oxygens (including phenoxy) is 1. The standard InChI is InChI=1S/C23H26N2O3/c1-23(2,3)16-9-11-17(12-10-16)28-14-13-24-22(27)19-15-21(26)25(4)20-8-6-5-7-18(19)20/h5-12,15H,13-14H2,1-4H3,(H,24,27). The lowest BCUT2D eigenvalue weighted by Crippen LogP contribution is -2.30. The van der Waals surface area contributed by atoms with E-state index >= 15 is 0 Å². The van der Waals surface area contributed by atoms with Crippen LogP contribution in [0.2, 0.25) is 0 Å². The van der Waals surface area contributed by atoms with Gasteiger partial charge >= 0.3 is 0 Å². The van der Waals surface area contributed by atoms with E-state index in [4.69, 9.17) is 4.74 Å². The van der Waals surface area contributed by atoms with Gasteiger partial charge in [0.15, 0.2) is 0 Å². The number of benzene rings is 2. The molecule has 0 saturated carbocycles. The summed E-state index contributed by atoms with van der Waals surface area (Å²) in [5, 5.41) is 3.58.